The maximum absolute atomic E-state index is 6.08. The van der Waals surface area contributed by atoms with Gasteiger partial charge in [-0.25, -0.2) is 9.97 Å². The Kier molecular flexibility index (Phi) is 9.80. The number of fused-ring (bicyclic) bond motifs is 8. The van der Waals surface area contributed by atoms with Gasteiger partial charge >= 0.3 is 0 Å². The summed E-state index contributed by atoms with van der Waals surface area (Å²) in [7, 11) is -2.66. The van der Waals surface area contributed by atoms with Crippen LogP contribution in [0.3, 0.4) is 0 Å². The van der Waals surface area contributed by atoms with E-state index in [0.717, 1.165) is 23.0 Å². The van der Waals surface area contributed by atoms with E-state index < -0.39 is 16.1 Å². The van der Waals surface area contributed by atoms with Crippen molar-refractivity contribution in [3.8, 4) is 16.9 Å². The van der Waals surface area contributed by atoms with Crippen LogP contribution in [0.25, 0.3) is 60.3 Å². The summed E-state index contributed by atoms with van der Waals surface area (Å²) in [6.07, 6.45) is 4.78. The third-order valence-corrected chi connectivity index (χ3v) is 15.1. The predicted octanol–water partition coefficient (Wildman–Crippen LogP) is 12.6. The molecular formula is C49H46ClN3Si2. The summed E-state index contributed by atoms with van der Waals surface area (Å²) >= 11 is 6.08. The lowest BCUT2D eigenvalue weighted by molar-refractivity contribution is 1.10. The highest BCUT2D eigenvalue weighted by Crippen LogP contribution is 2.36. The van der Waals surface area contributed by atoms with Crippen molar-refractivity contribution in [2.75, 3.05) is 0 Å². The fourth-order valence-electron chi connectivity index (χ4n) is 7.63. The van der Waals surface area contributed by atoms with Crippen molar-refractivity contribution >= 4 is 81.5 Å². The number of halogens is 1. The maximum atomic E-state index is 6.08. The minimum atomic E-state index is -1.40. The summed E-state index contributed by atoms with van der Waals surface area (Å²) in [5.41, 5.74) is 8.16. The molecule has 272 valence electrons. The van der Waals surface area contributed by atoms with E-state index in [2.05, 4.69) is 188 Å². The molecule has 3 aromatic heterocycles. The summed E-state index contributed by atoms with van der Waals surface area (Å²) in [6, 6.07) is 52.1. The molecule has 9 aromatic rings. The van der Waals surface area contributed by atoms with Gasteiger partial charge in [0.05, 0.1) is 27.2 Å². The molecule has 0 radical (unpaired) electrons. The van der Waals surface area contributed by atoms with Crippen LogP contribution in [0.15, 0.2) is 158 Å². The molecule has 55 heavy (non-hydrogen) atoms. The molecule has 6 heteroatoms. The van der Waals surface area contributed by atoms with Gasteiger partial charge in [0.25, 0.3) is 0 Å². The highest BCUT2D eigenvalue weighted by Gasteiger charge is 2.20. The predicted molar refractivity (Wildman–Crippen MR) is 243 cm³/mol. The van der Waals surface area contributed by atoms with E-state index in [4.69, 9.17) is 16.6 Å². The van der Waals surface area contributed by atoms with Gasteiger partial charge in [0.1, 0.15) is 11.0 Å². The summed E-state index contributed by atoms with van der Waals surface area (Å²) in [4.78, 5) is 8.96. The minimum absolute atomic E-state index is 0.604. The van der Waals surface area contributed by atoms with Crippen LogP contribution < -0.4 is 10.4 Å². The van der Waals surface area contributed by atoms with Gasteiger partial charge in [0.2, 0.25) is 0 Å². The Morgan fingerprint density at radius 2 is 0.927 bits per heavy atom. The lowest BCUT2D eigenvalue weighted by Crippen LogP contribution is -2.37. The SMILES string of the molecule is C[Si](C)(C)c1ccc2ccnc(-n3c4ccccc4c4ccccc43)c2c1.C[Si](C)(C)c1ccc2ccnc(Cl)c2c1.c1ccc2c(c1)Cc1ccccc1-2. The molecule has 0 amide bonds. The summed E-state index contributed by atoms with van der Waals surface area (Å²) in [6.45, 7) is 14.2. The molecule has 0 N–H and O–H groups in total. The third-order valence-electron chi connectivity index (χ3n) is 10.7. The molecule has 6 aromatic carbocycles. The van der Waals surface area contributed by atoms with Crippen molar-refractivity contribution in [3.63, 3.8) is 0 Å². The fraction of sp³-hybridized carbons (Fsp3) is 0.143. The van der Waals surface area contributed by atoms with Crippen molar-refractivity contribution in [1.82, 2.24) is 14.5 Å². The van der Waals surface area contributed by atoms with E-state index in [-0.39, 0.29) is 0 Å². The molecule has 0 bridgehead atoms. The van der Waals surface area contributed by atoms with Gasteiger partial charge in [0, 0.05) is 33.9 Å². The van der Waals surface area contributed by atoms with Crippen molar-refractivity contribution in [1.29, 1.82) is 0 Å². The normalized spacial score (nSPS) is 12.2. The minimum Gasteiger partial charge on any atom is -0.293 e. The van der Waals surface area contributed by atoms with Crippen molar-refractivity contribution in [2.24, 2.45) is 0 Å². The number of benzene rings is 6. The quantitative estimate of drug-likeness (QED) is 0.132. The molecule has 3 heterocycles. The first-order valence-electron chi connectivity index (χ1n) is 19.1. The Morgan fingerprint density at radius 3 is 1.47 bits per heavy atom. The van der Waals surface area contributed by atoms with Crippen molar-refractivity contribution in [3.05, 3.63) is 174 Å². The van der Waals surface area contributed by atoms with Gasteiger partial charge in [-0.05, 0) is 63.7 Å². The lowest BCUT2D eigenvalue weighted by Gasteiger charge is -2.18. The average molecular weight is 769 g/mol. The van der Waals surface area contributed by atoms with E-state index in [9.17, 15) is 0 Å². The molecule has 0 spiro atoms. The monoisotopic (exact) mass is 767 g/mol. The summed E-state index contributed by atoms with van der Waals surface area (Å²) < 4.78 is 2.32. The van der Waals surface area contributed by atoms with Gasteiger partial charge in [-0.15, -0.1) is 0 Å². The van der Waals surface area contributed by atoms with Crippen LogP contribution in [-0.2, 0) is 6.42 Å². The Labute approximate surface area is 331 Å². The second-order valence-corrected chi connectivity index (χ2v) is 27.0. The molecule has 0 saturated heterocycles. The molecule has 0 unspecified atom stereocenters. The first-order valence-corrected chi connectivity index (χ1v) is 26.4. The van der Waals surface area contributed by atoms with Crippen LogP contribution in [0.4, 0.5) is 0 Å². The number of para-hydroxylation sites is 2. The van der Waals surface area contributed by atoms with Crippen molar-refractivity contribution < 1.29 is 0 Å². The van der Waals surface area contributed by atoms with Crippen LogP contribution in [-0.4, -0.2) is 30.7 Å². The molecule has 0 fully saturated rings. The molecule has 0 aliphatic heterocycles. The molecule has 0 atom stereocenters. The fourth-order valence-corrected chi connectivity index (χ4v) is 10.2. The highest BCUT2D eigenvalue weighted by atomic mass is 35.5. The largest absolute Gasteiger partial charge is 0.293 e. The Balaban J connectivity index is 0.000000128. The zero-order chi connectivity index (χ0) is 38.3. The zero-order valence-electron chi connectivity index (χ0n) is 32.4. The lowest BCUT2D eigenvalue weighted by atomic mass is 10.1. The van der Waals surface area contributed by atoms with Crippen LogP contribution >= 0.6 is 11.6 Å². The number of pyridine rings is 2. The standard InChI is InChI=1S/C24H22N2Si.C13H10.C12H14ClNSi/c1-27(2,3)18-13-12-17-14-15-25-24(21(17)16-18)26-22-10-6-4-8-19(22)20-9-5-7-11-23(20)26;1-3-7-12-10(5-1)9-11-6-2-4-8-13(11)12;1-15(2,3)10-5-4-9-6-7-14-12(13)11(9)8-10/h4-16H,1-3H3;1-8H,9H2;4-8H,1-3H3. The Morgan fingerprint density at radius 1 is 0.473 bits per heavy atom. The van der Waals surface area contributed by atoms with Gasteiger partial charge in [-0.1, -0.05) is 183 Å². The number of hydrogen-bond acceptors (Lipinski definition) is 2. The molecule has 1 aliphatic rings. The van der Waals surface area contributed by atoms with Crippen LogP contribution in [0.1, 0.15) is 11.1 Å². The van der Waals surface area contributed by atoms with E-state index in [0.29, 0.717) is 5.15 Å². The van der Waals surface area contributed by atoms with E-state index >= 15 is 0 Å². The Bertz CT molecular complexity index is 2750. The third kappa shape index (κ3) is 7.28. The van der Waals surface area contributed by atoms with E-state index in [1.54, 1.807) is 6.20 Å². The van der Waals surface area contributed by atoms with E-state index in [1.165, 1.54) is 65.2 Å². The number of nitrogens with zero attached hydrogens (tertiary/aromatic N) is 3. The topological polar surface area (TPSA) is 30.7 Å². The van der Waals surface area contributed by atoms with Gasteiger partial charge in [0.15, 0.2) is 0 Å². The summed E-state index contributed by atoms with van der Waals surface area (Å²) in [5.74, 6) is 1.02. The average Bonchev–Trinajstić information content (AvgIpc) is 3.73. The van der Waals surface area contributed by atoms with E-state index in [1.807, 2.05) is 12.3 Å². The van der Waals surface area contributed by atoms with Crippen LogP contribution in [0.5, 0.6) is 0 Å². The highest BCUT2D eigenvalue weighted by molar-refractivity contribution is 6.89. The van der Waals surface area contributed by atoms with Gasteiger partial charge in [-0.3, -0.25) is 4.57 Å². The smallest absolute Gasteiger partial charge is 0.145 e. The van der Waals surface area contributed by atoms with Gasteiger partial charge in [-0.2, -0.15) is 0 Å². The molecular weight excluding hydrogens is 722 g/mol. The second-order valence-electron chi connectivity index (χ2n) is 16.5. The molecule has 0 saturated carbocycles. The number of hydrogen-bond donors (Lipinski definition) is 0. The first kappa shape index (κ1) is 36.6. The second kappa shape index (κ2) is 14.7. The first-order chi connectivity index (χ1) is 26.5. The molecule has 1 aliphatic carbocycles. The summed E-state index contributed by atoms with van der Waals surface area (Å²) in [5, 5.41) is 10.7. The number of aromatic nitrogens is 3. The zero-order valence-corrected chi connectivity index (χ0v) is 35.2. The maximum Gasteiger partial charge on any atom is 0.145 e. The van der Waals surface area contributed by atoms with Crippen molar-refractivity contribution in [2.45, 2.75) is 45.7 Å². The molecule has 10 rings (SSSR count). The van der Waals surface area contributed by atoms with Gasteiger partial charge < -0.3 is 0 Å². The molecule has 3 nitrogen and oxygen atoms in total. The number of rotatable bonds is 3. The van der Waals surface area contributed by atoms with Crippen LogP contribution in [0, 0.1) is 0 Å². The Hall–Kier alpha value is -5.34. The van der Waals surface area contributed by atoms with Crippen LogP contribution in [0.2, 0.25) is 44.4 Å².